The summed E-state index contributed by atoms with van der Waals surface area (Å²) in [5.41, 5.74) is 0.0184. The van der Waals surface area contributed by atoms with E-state index in [2.05, 4.69) is 15.9 Å². The molecule has 2 aromatic rings. The summed E-state index contributed by atoms with van der Waals surface area (Å²) in [6.45, 7) is 0.670. The van der Waals surface area contributed by atoms with Crippen molar-refractivity contribution in [2.75, 3.05) is 10.8 Å². The van der Waals surface area contributed by atoms with Crippen molar-refractivity contribution in [2.24, 2.45) is 0 Å². The molecule has 0 amide bonds. The zero-order valence-electron chi connectivity index (χ0n) is 12.9. The molecule has 2 aromatic carbocycles. The number of carboxylic acids is 1. The zero-order valence-corrected chi connectivity index (χ0v) is 15.3. The van der Waals surface area contributed by atoms with Gasteiger partial charge in [0.2, 0.25) is 0 Å². The monoisotopic (exact) mass is 428 g/mol. The molecule has 10 heteroatoms. The first-order chi connectivity index (χ1) is 11.6. The van der Waals surface area contributed by atoms with E-state index < -0.39 is 33.1 Å². The van der Waals surface area contributed by atoms with Crippen LogP contribution in [0.3, 0.4) is 0 Å². The molecular weight excluding hydrogens is 416 g/mol. The van der Waals surface area contributed by atoms with Gasteiger partial charge >= 0.3 is 5.97 Å². The van der Waals surface area contributed by atoms with Crippen LogP contribution >= 0.6 is 15.9 Å². The molecule has 0 aliphatic heterocycles. The molecule has 0 saturated carbocycles. The zero-order chi connectivity index (χ0) is 18.8. The molecule has 1 N–H and O–H groups in total. The normalized spacial score (nSPS) is 11.1. The summed E-state index contributed by atoms with van der Waals surface area (Å²) in [5, 5.41) is 20.0. The standard InChI is InChI=1S/C15H13BrN2O6S/c1-10-2-5-13(18(21)22)8-14(10)25(23,24)17(9-15(19)20)12-6-3-11(16)4-7-12/h2-8H,9H2,1H3,(H,19,20). The van der Waals surface area contributed by atoms with Crippen LogP contribution in [0.1, 0.15) is 5.56 Å². The first-order valence-electron chi connectivity index (χ1n) is 6.88. The lowest BCUT2D eigenvalue weighted by atomic mass is 10.2. The number of hydrogen-bond acceptors (Lipinski definition) is 5. The van der Waals surface area contributed by atoms with Crippen molar-refractivity contribution in [3.63, 3.8) is 0 Å². The van der Waals surface area contributed by atoms with E-state index in [1.807, 2.05) is 0 Å². The van der Waals surface area contributed by atoms with E-state index in [9.17, 15) is 23.3 Å². The highest BCUT2D eigenvalue weighted by molar-refractivity contribution is 9.10. The maximum absolute atomic E-state index is 13.0. The smallest absolute Gasteiger partial charge is 0.324 e. The predicted octanol–water partition coefficient (Wildman–Crippen LogP) is 2.95. The molecule has 0 aromatic heterocycles. The number of non-ortho nitro benzene ring substituents is 1. The van der Waals surface area contributed by atoms with Crippen molar-refractivity contribution in [1.82, 2.24) is 0 Å². The molecule has 0 unspecified atom stereocenters. The molecule has 0 aliphatic rings. The van der Waals surface area contributed by atoms with Crippen LogP contribution in [0, 0.1) is 17.0 Å². The van der Waals surface area contributed by atoms with Crippen molar-refractivity contribution in [3.05, 3.63) is 62.6 Å². The Morgan fingerprint density at radius 2 is 1.84 bits per heavy atom. The predicted molar refractivity (Wildman–Crippen MR) is 94.1 cm³/mol. The Morgan fingerprint density at radius 1 is 1.24 bits per heavy atom. The van der Waals surface area contributed by atoms with Gasteiger partial charge in [-0.3, -0.25) is 19.2 Å². The number of nitrogens with zero attached hydrogens (tertiary/aromatic N) is 2. The number of sulfonamides is 1. The van der Waals surface area contributed by atoms with Gasteiger partial charge in [0.15, 0.2) is 0 Å². The van der Waals surface area contributed by atoms with Crippen LogP contribution in [0.4, 0.5) is 11.4 Å². The number of nitro groups is 1. The summed E-state index contributed by atoms with van der Waals surface area (Å²) in [7, 11) is -4.32. The van der Waals surface area contributed by atoms with Crippen LogP contribution in [-0.4, -0.2) is 31.0 Å². The van der Waals surface area contributed by atoms with Gasteiger partial charge in [-0.05, 0) is 36.8 Å². The highest BCUT2D eigenvalue weighted by Gasteiger charge is 2.30. The summed E-state index contributed by atoms with van der Waals surface area (Å²) in [6.07, 6.45) is 0. The summed E-state index contributed by atoms with van der Waals surface area (Å²) in [6, 6.07) is 9.45. The van der Waals surface area contributed by atoms with Gasteiger partial charge in [-0.2, -0.15) is 0 Å². The maximum Gasteiger partial charge on any atom is 0.324 e. The quantitative estimate of drug-likeness (QED) is 0.557. The lowest BCUT2D eigenvalue weighted by Crippen LogP contribution is -2.36. The van der Waals surface area contributed by atoms with Crippen LogP contribution in [0.15, 0.2) is 51.8 Å². The average molecular weight is 429 g/mol. The Kier molecular flexibility index (Phi) is 5.43. The molecule has 132 valence electrons. The largest absolute Gasteiger partial charge is 0.480 e. The van der Waals surface area contributed by atoms with Crippen molar-refractivity contribution >= 4 is 43.3 Å². The Morgan fingerprint density at radius 3 is 2.36 bits per heavy atom. The van der Waals surface area contributed by atoms with E-state index in [0.717, 1.165) is 6.07 Å². The fraction of sp³-hybridized carbons (Fsp3) is 0.133. The van der Waals surface area contributed by atoms with Crippen molar-refractivity contribution in [3.8, 4) is 0 Å². The van der Waals surface area contributed by atoms with Gasteiger partial charge in [-0.25, -0.2) is 8.42 Å². The second-order valence-corrected chi connectivity index (χ2v) is 7.84. The van der Waals surface area contributed by atoms with Gasteiger partial charge in [0, 0.05) is 16.6 Å². The van der Waals surface area contributed by atoms with E-state index in [0.29, 0.717) is 8.78 Å². The molecule has 0 spiro atoms. The minimum absolute atomic E-state index is 0.136. The second kappa shape index (κ2) is 7.19. The highest BCUT2D eigenvalue weighted by atomic mass is 79.9. The number of anilines is 1. The molecule has 8 nitrogen and oxygen atoms in total. The number of aryl methyl sites for hydroxylation is 1. The van der Waals surface area contributed by atoms with Gasteiger partial charge in [-0.1, -0.05) is 22.0 Å². The summed E-state index contributed by atoms with van der Waals surface area (Å²) < 4.78 is 27.3. The van der Waals surface area contributed by atoms with Crippen molar-refractivity contribution in [2.45, 2.75) is 11.8 Å². The van der Waals surface area contributed by atoms with Crippen LogP contribution in [0.5, 0.6) is 0 Å². The minimum Gasteiger partial charge on any atom is -0.480 e. The Labute approximate surface area is 152 Å². The number of hydrogen-bond donors (Lipinski definition) is 1. The second-order valence-electron chi connectivity index (χ2n) is 5.09. The number of nitro benzene ring substituents is 1. The van der Waals surface area contributed by atoms with Gasteiger partial charge in [-0.15, -0.1) is 0 Å². The van der Waals surface area contributed by atoms with Gasteiger partial charge in [0.1, 0.15) is 6.54 Å². The van der Waals surface area contributed by atoms with Crippen LogP contribution in [0.25, 0.3) is 0 Å². The topological polar surface area (TPSA) is 118 Å². The fourth-order valence-corrected chi connectivity index (χ4v) is 4.07. The molecule has 2 rings (SSSR count). The van der Waals surface area contributed by atoms with E-state index in [1.54, 1.807) is 12.1 Å². The molecule has 0 fully saturated rings. The van der Waals surface area contributed by atoms with E-state index in [1.165, 1.54) is 31.2 Å². The van der Waals surface area contributed by atoms with E-state index in [4.69, 9.17) is 5.11 Å². The first-order valence-corrected chi connectivity index (χ1v) is 9.11. The number of aliphatic carboxylic acids is 1. The number of carbonyl (C=O) groups is 1. The van der Waals surface area contributed by atoms with Crippen LogP contribution < -0.4 is 4.31 Å². The molecule has 0 radical (unpaired) electrons. The number of rotatable bonds is 6. The molecule has 0 bridgehead atoms. The summed E-state index contributed by atoms with van der Waals surface area (Å²) in [5.74, 6) is -1.35. The Bertz CT molecular complexity index is 928. The molecule has 0 aliphatic carbocycles. The molecule has 0 saturated heterocycles. The lowest BCUT2D eigenvalue weighted by molar-refractivity contribution is -0.385. The molecule has 25 heavy (non-hydrogen) atoms. The summed E-state index contributed by atoms with van der Waals surface area (Å²) >= 11 is 3.22. The highest BCUT2D eigenvalue weighted by Crippen LogP contribution is 2.29. The fourth-order valence-electron chi connectivity index (χ4n) is 2.14. The molecular formula is C15H13BrN2O6S. The maximum atomic E-state index is 13.0. The molecule has 0 atom stereocenters. The van der Waals surface area contributed by atoms with E-state index in [-0.39, 0.29) is 16.1 Å². The third kappa shape index (κ3) is 4.15. The third-order valence-corrected chi connectivity index (χ3v) is 5.79. The molecule has 0 heterocycles. The Balaban J connectivity index is 2.63. The summed E-state index contributed by atoms with van der Waals surface area (Å²) in [4.78, 5) is 21.1. The van der Waals surface area contributed by atoms with Gasteiger partial charge in [0.05, 0.1) is 15.5 Å². The number of benzene rings is 2. The van der Waals surface area contributed by atoms with Crippen molar-refractivity contribution in [1.29, 1.82) is 0 Å². The first kappa shape index (κ1) is 18.9. The van der Waals surface area contributed by atoms with E-state index >= 15 is 0 Å². The van der Waals surface area contributed by atoms with Gasteiger partial charge < -0.3 is 5.11 Å². The number of carboxylic acid groups (broad SMARTS) is 1. The number of halogens is 1. The third-order valence-electron chi connectivity index (χ3n) is 3.34. The minimum atomic E-state index is -4.32. The van der Waals surface area contributed by atoms with Crippen LogP contribution in [0.2, 0.25) is 0 Å². The van der Waals surface area contributed by atoms with Crippen LogP contribution in [-0.2, 0) is 14.8 Å². The van der Waals surface area contributed by atoms with Crippen molar-refractivity contribution < 1.29 is 23.2 Å². The average Bonchev–Trinajstić information content (AvgIpc) is 2.53. The Hall–Kier alpha value is -2.46. The van der Waals surface area contributed by atoms with Gasteiger partial charge in [0.25, 0.3) is 15.7 Å². The SMILES string of the molecule is Cc1ccc([N+](=O)[O-])cc1S(=O)(=O)N(CC(=O)O)c1ccc(Br)cc1. The lowest BCUT2D eigenvalue weighted by Gasteiger charge is -2.23.